The Morgan fingerprint density at radius 2 is 1.89 bits per heavy atom. The summed E-state index contributed by atoms with van der Waals surface area (Å²) in [6.45, 7) is 3.72. The highest BCUT2D eigenvalue weighted by molar-refractivity contribution is 8.00. The Bertz CT molecular complexity index is 932. The quantitative estimate of drug-likeness (QED) is 0.574. The molecule has 2 atom stereocenters. The number of hydrogen-bond donors (Lipinski definition) is 1. The number of para-hydroxylation sites is 1. The van der Waals surface area contributed by atoms with Gasteiger partial charge in [-0.2, -0.15) is 0 Å². The number of rotatable bonds is 6. The summed E-state index contributed by atoms with van der Waals surface area (Å²) in [5.74, 6) is -0.110. The second-order valence-corrected chi connectivity index (χ2v) is 8.13. The molecule has 3 rings (SSSR count). The number of amides is 1. The van der Waals surface area contributed by atoms with E-state index in [-0.39, 0.29) is 17.2 Å². The van der Waals surface area contributed by atoms with Crippen molar-refractivity contribution in [2.45, 2.75) is 30.3 Å². The Balaban J connectivity index is 1.67. The van der Waals surface area contributed by atoms with Crippen molar-refractivity contribution in [3.8, 4) is 5.69 Å². The van der Waals surface area contributed by atoms with Gasteiger partial charge in [-0.05, 0) is 43.7 Å². The second-order valence-electron chi connectivity index (χ2n) is 5.98. The van der Waals surface area contributed by atoms with Gasteiger partial charge in [0.25, 0.3) is 0 Å². The van der Waals surface area contributed by atoms with Gasteiger partial charge in [-0.25, -0.2) is 0 Å². The zero-order chi connectivity index (χ0) is 19.4. The molecule has 8 heteroatoms. The molecule has 5 nitrogen and oxygen atoms in total. The number of nitrogens with one attached hydrogen (secondary N) is 1. The number of aromatic nitrogens is 3. The predicted molar refractivity (Wildman–Crippen MR) is 110 cm³/mol. The molecule has 1 N–H and O–H groups in total. The number of thioether (sulfide) groups is 1. The van der Waals surface area contributed by atoms with E-state index < -0.39 is 0 Å². The van der Waals surface area contributed by atoms with Gasteiger partial charge in [0.2, 0.25) is 5.91 Å². The van der Waals surface area contributed by atoms with Crippen LogP contribution in [0.1, 0.15) is 25.5 Å². The maximum atomic E-state index is 12.6. The minimum absolute atomic E-state index is 0.110. The molecule has 1 heterocycles. The van der Waals surface area contributed by atoms with E-state index in [4.69, 9.17) is 23.2 Å². The molecule has 1 aromatic heterocycles. The van der Waals surface area contributed by atoms with Crippen LogP contribution in [0.2, 0.25) is 10.0 Å². The van der Waals surface area contributed by atoms with Crippen LogP contribution in [0.4, 0.5) is 0 Å². The monoisotopic (exact) mass is 420 g/mol. The van der Waals surface area contributed by atoms with Crippen LogP contribution in [-0.2, 0) is 4.79 Å². The summed E-state index contributed by atoms with van der Waals surface area (Å²) in [4.78, 5) is 12.6. The maximum Gasteiger partial charge on any atom is 0.233 e. The lowest BCUT2D eigenvalue weighted by Gasteiger charge is -2.18. The molecule has 0 aliphatic rings. The molecular weight excluding hydrogens is 403 g/mol. The smallest absolute Gasteiger partial charge is 0.233 e. The van der Waals surface area contributed by atoms with Crippen LogP contribution in [0, 0.1) is 0 Å². The third-order valence-corrected chi connectivity index (χ3v) is 5.61. The lowest BCUT2D eigenvalue weighted by atomic mass is 10.1. The highest BCUT2D eigenvalue weighted by Gasteiger charge is 2.21. The highest BCUT2D eigenvalue weighted by atomic mass is 35.5. The van der Waals surface area contributed by atoms with Crippen LogP contribution < -0.4 is 5.32 Å². The normalized spacial score (nSPS) is 13.2. The topological polar surface area (TPSA) is 59.8 Å². The summed E-state index contributed by atoms with van der Waals surface area (Å²) in [6, 6.07) is 14.8. The number of halogens is 2. The van der Waals surface area contributed by atoms with Gasteiger partial charge in [0.15, 0.2) is 5.16 Å². The Morgan fingerprint density at radius 1 is 1.15 bits per heavy atom. The van der Waals surface area contributed by atoms with Crippen molar-refractivity contribution in [1.29, 1.82) is 0 Å². The van der Waals surface area contributed by atoms with E-state index in [2.05, 4.69) is 15.5 Å². The summed E-state index contributed by atoms with van der Waals surface area (Å²) in [5, 5.41) is 12.5. The van der Waals surface area contributed by atoms with E-state index in [9.17, 15) is 4.79 Å². The van der Waals surface area contributed by atoms with Crippen molar-refractivity contribution >= 4 is 40.9 Å². The first-order valence-electron chi connectivity index (χ1n) is 8.33. The van der Waals surface area contributed by atoms with Crippen LogP contribution in [0.15, 0.2) is 60.0 Å². The molecule has 0 fully saturated rings. The van der Waals surface area contributed by atoms with E-state index in [1.807, 2.05) is 54.8 Å². The lowest BCUT2D eigenvalue weighted by molar-refractivity contribution is -0.120. The number of hydrogen-bond acceptors (Lipinski definition) is 4. The van der Waals surface area contributed by atoms with Crippen molar-refractivity contribution in [1.82, 2.24) is 20.1 Å². The molecule has 0 bridgehead atoms. The summed E-state index contributed by atoms with van der Waals surface area (Å²) in [5.41, 5.74) is 1.76. The largest absolute Gasteiger partial charge is 0.349 e. The van der Waals surface area contributed by atoms with Crippen molar-refractivity contribution in [3.05, 3.63) is 70.5 Å². The molecule has 140 valence electrons. The van der Waals surface area contributed by atoms with Gasteiger partial charge in [-0.15, -0.1) is 10.2 Å². The Morgan fingerprint density at radius 3 is 2.59 bits per heavy atom. The molecule has 2 unspecified atom stereocenters. The van der Waals surface area contributed by atoms with Crippen molar-refractivity contribution in [2.24, 2.45) is 0 Å². The molecule has 2 aromatic carbocycles. The number of carbonyl (C=O) groups is 1. The SMILES string of the molecule is CC(Sc1nncn1-c1ccccc1)C(=O)NC(C)c1ccc(Cl)cc1Cl. The zero-order valence-electron chi connectivity index (χ0n) is 14.8. The third-order valence-electron chi connectivity index (χ3n) is 3.99. The van der Waals surface area contributed by atoms with E-state index in [1.165, 1.54) is 11.8 Å². The van der Waals surface area contributed by atoms with Gasteiger partial charge < -0.3 is 5.32 Å². The Labute approximate surface area is 172 Å². The molecule has 0 saturated carbocycles. The minimum atomic E-state index is -0.356. The fourth-order valence-corrected chi connectivity index (χ4v) is 3.97. The van der Waals surface area contributed by atoms with Gasteiger partial charge in [-0.1, -0.05) is 59.2 Å². The number of nitrogens with zero attached hydrogens (tertiary/aromatic N) is 3. The molecule has 0 aliphatic heterocycles. The summed E-state index contributed by atoms with van der Waals surface area (Å²) in [6.07, 6.45) is 1.64. The first kappa shape index (κ1) is 19.7. The molecule has 1 amide bonds. The van der Waals surface area contributed by atoms with Gasteiger partial charge in [0.1, 0.15) is 6.33 Å². The number of carbonyl (C=O) groups excluding carboxylic acids is 1. The maximum absolute atomic E-state index is 12.6. The van der Waals surface area contributed by atoms with Gasteiger partial charge in [0, 0.05) is 15.7 Å². The fourth-order valence-electron chi connectivity index (χ4n) is 2.54. The van der Waals surface area contributed by atoms with Crippen LogP contribution in [0.3, 0.4) is 0 Å². The van der Waals surface area contributed by atoms with Crippen molar-refractivity contribution in [2.75, 3.05) is 0 Å². The molecule has 27 heavy (non-hydrogen) atoms. The standard InChI is InChI=1S/C19H18Cl2N4OS/c1-12(16-9-8-14(20)10-17(16)21)23-18(26)13(2)27-19-24-22-11-25(19)15-6-4-3-5-7-15/h3-13H,1-2H3,(H,23,26). The Kier molecular flexibility index (Phi) is 6.42. The average molecular weight is 421 g/mol. The molecule has 0 aliphatic carbocycles. The predicted octanol–water partition coefficient (Wildman–Crippen LogP) is 4.93. The Hall–Kier alpha value is -2.02. The minimum Gasteiger partial charge on any atom is -0.349 e. The molecule has 0 spiro atoms. The second kappa shape index (κ2) is 8.78. The summed E-state index contributed by atoms with van der Waals surface area (Å²) >= 11 is 13.5. The van der Waals surface area contributed by atoms with Crippen LogP contribution in [0.25, 0.3) is 5.69 Å². The van der Waals surface area contributed by atoms with Crippen LogP contribution in [0.5, 0.6) is 0 Å². The lowest BCUT2D eigenvalue weighted by Crippen LogP contribution is -2.33. The molecule has 0 radical (unpaired) electrons. The van der Waals surface area contributed by atoms with Crippen molar-refractivity contribution < 1.29 is 4.79 Å². The van der Waals surface area contributed by atoms with E-state index in [1.54, 1.807) is 18.5 Å². The van der Waals surface area contributed by atoms with Crippen LogP contribution in [-0.4, -0.2) is 25.9 Å². The van der Waals surface area contributed by atoms with Gasteiger partial charge in [-0.3, -0.25) is 9.36 Å². The average Bonchev–Trinajstić information content (AvgIpc) is 3.10. The first-order chi connectivity index (χ1) is 13.0. The summed E-state index contributed by atoms with van der Waals surface area (Å²) < 4.78 is 1.86. The third kappa shape index (κ3) is 4.83. The zero-order valence-corrected chi connectivity index (χ0v) is 17.1. The molecule has 0 saturated heterocycles. The van der Waals surface area contributed by atoms with E-state index in [0.717, 1.165) is 11.3 Å². The van der Waals surface area contributed by atoms with E-state index in [0.29, 0.717) is 15.2 Å². The number of benzene rings is 2. The first-order valence-corrected chi connectivity index (χ1v) is 9.96. The van der Waals surface area contributed by atoms with E-state index >= 15 is 0 Å². The summed E-state index contributed by atoms with van der Waals surface area (Å²) in [7, 11) is 0. The molecular formula is C19H18Cl2N4OS. The fraction of sp³-hybridized carbons (Fsp3) is 0.211. The van der Waals surface area contributed by atoms with Crippen molar-refractivity contribution in [3.63, 3.8) is 0 Å². The highest BCUT2D eigenvalue weighted by Crippen LogP contribution is 2.28. The molecule has 3 aromatic rings. The van der Waals surface area contributed by atoms with Gasteiger partial charge in [0.05, 0.1) is 11.3 Å². The van der Waals surface area contributed by atoms with Gasteiger partial charge >= 0.3 is 0 Å². The van der Waals surface area contributed by atoms with Crippen LogP contribution >= 0.6 is 35.0 Å².